The Morgan fingerprint density at radius 1 is 1.10 bits per heavy atom. The summed E-state index contributed by atoms with van der Waals surface area (Å²) in [4.78, 5) is 12.3. The van der Waals surface area contributed by atoms with E-state index in [-0.39, 0.29) is 23.5 Å². The predicted molar refractivity (Wildman–Crippen MR) is 117 cm³/mol. The third-order valence-corrected chi connectivity index (χ3v) is 7.02. The minimum atomic E-state index is -3.56. The van der Waals surface area contributed by atoms with Crippen molar-refractivity contribution in [1.29, 1.82) is 0 Å². The van der Waals surface area contributed by atoms with Gasteiger partial charge in [0.2, 0.25) is 10.0 Å². The lowest BCUT2D eigenvalue weighted by molar-refractivity contribution is -0.118. The largest absolute Gasteiger partial charge is 0.483 e. The van der Waals surface area contributed by atoms with E-state index in [0.29, 0.717) is 20.9 Å². The van der Waals surface area contributed by atoms with Gasteiger partial charge in [-0.1, -0.05) is 30.9 Å². The van der Waals surface area contributed by atoms with E-state index >= 15 is 0 Å². The first-order valence-electron chi connectivity index (χ1n) is 9.33. The van der Waals surface area contributed by atoms with Crippen LogP contribution in [-0.4, -0.2) is 27.0 Å². The molecule has 9 heteroatoms. The summed E-state index contributed by atoms with van der Waals surface area (Å²) >= 11 is 9.20. The molecule has 1 aliphatic carbocycles. The predicted octanol–water partition coefficient (Wildman–Crippen LogP) is 4.73. The van der Waals surface area contributed by atoms with E-state index in [1.807, 2.05) is 0 Å². The molecular formula is C20H22BrClN2O4S. The normalized spacial score (nSPS) is 15.1. The van der Waals surface area contributed by atoms with Gasteiger partial charge >= 0.3 is 0 Å². The van der Waals surface area contributed by atoms with Gasteiger partial charge in [-0.3, -0.25) is 4.79 Å². The van der Waals surface area contributed by atoms with Gasteiger partial charge < -0.3 is 10.1 Å². The van der Waals surface area contributed by atoms with Crippen LogP contribution >= 0.6 is 27.5 Å². The summed E-state index contributed by atoms with van der Waals surface area (Å²) in [5.41, 5.74) is 0.491. The van der Waals surface area contributed by atoms with Crippen molar-refractivity contribution in [3.8, 4) is 5.75 Å². The van der Waals surface area contributed by atoms with E-state index in [1.54, 1.807) is 30.3 Å². The summed E-state index contributed by atoms with van der Waals surface area (Å²) < 4.78 is 33.9. The molecule has 2 aromatic carbocycles. The minimum Gasteiger partial charge on any atom is -0.483 e. The van der Waals surface area contributed by atoms with E-state index in [4.69, 9.17) is 16.3 Å². The molecule has 3 rings (SSSR count). The van der Waals surface area contributed by atoms with Crippen LogP contribution in [0.1, 0.15) is 32.1 Å². The van der Waals surface area contributed by atoms with E-state index in [9.17, 15) is 13.2 Å². The molecule has 2 aromatic rings. The highest BCUT2D eigenvalue weighted by Gasteiger charge is 2.21. The zero-order valence-electron chi connectivity index (χ0n) is 15.7. The van der Waals surface area contributed by atoms with Gasteiger partial charge in [0.1, 0.15) is 5.75 Å². The molecule has 0 radical (unpaired) electrons. The van der Waals surface area contributed by atoms with Crippen molar-refractivity contribution >= 4 is 49.1 Å². The molecule has 1 fully saturated rings. The molecule has 0 unspecified atom stereocenters. The van der Waals surface area contributed by atoms with Crippen molar-refractivity contribution in [1.82, 2.24) is 4.72 Å². The second-order valence-electron chi connectivity index (χ2n) is 6.89. The number of halogens is 2. The van der Waals surface area contributed by atoms with Crippen molar-refractivity contribution in [3.63, 3.8) is 0 Å². The third-order valence-electron chi connectivity index (χ3n) is 4.63. The Hall–Kier alpha value is -1.61. The van der Waals surface area contributed by atoms with E-state index < -0.39 is 10.0 Å². The summed E-state index contributed by atoms with van der Waals surface area (Å²) in [6.07, 6.45) is 5.00. The average molecular weight is 502 g/mol. The number of amides is 1. The maximum atomic E-state index is 12.5. The fourth-order valence-electron chi connectivity index (χ4n) is 3.16. The van der Waals surface area contributed by atoms with Crippen molar-refractivity contribution in [2.75, 3.05) is 11.9 Å². The second kappa shape index (κ2) is 9.93. The molecule has 0 spiro atoms. The maximum Gasteiger partial charge on any atom is 0.262 e. The highest BCUT2D eigenvalue weighted by molar-refractivity contribution is 9.10. The van der Waals surface area contributed by atoms with Gasteiger partial charge in [-0.05, 0) is 71.2 Å². The summed E-state index contributed by atoms with van der Waals surface area (Å²) in [7, 11) is -3.56. The second-order valence-corrected chi connectivity index (χ2v) is 9.90. The zero-order chi connectivity index (χ0) is 20.9. The van der Waals surface area contributed by atoms with Gasteiger partial charge in [-0.15, -0.1) is 0 Å². The number of hydrogen-bond donors (Lipinski definition) is 2. The molecule has 0 bridgehead atoms. The first-order valence-corrected chi connectivity index (χ1v) is 12.0. The number of carbonyl (C=O) groups excluding carboxylic acids is 1. The zero-order valence-corrected chi connectivity index (χ0v) is 18.8. The molecular weight excluding hydrogens is 480 g/mol. The molecule has 156 valence electrons. The van der Waals surface area contributed by atoms with Gasteiger partial charge in [0, 0.05) is 16.8 Å². The van der Waals surface area contributed by atoms with E-state index in [2.05, 4.69) is 26.0 Å². The van der Waals surface area contributed by atoms with Crippen LogP contribution in [0.2, 0.25) is 5.02 Å². The van der Waals surface area contributed by atoms with Crippen molar-refractivity contribution in [3.05, 3.63) is 52.0 Å². The minimum absolute atomic E-state index is 0.00234. The lowest BCUT2D eigenvalue weighted by Gasteiger charge is -2.22. The molecule has 6 nitrogen and oxygen atoms in total. The molecule has 2 N–H and O–H groups in total. The summed E-state index contributed by atoms with van der Waals surface area (Å²) in [6, 6.07) is 11.1. The average Bonchev–Trinajstić information content (AvgIpc) is 2.68. The Kier molecular flexibility index (Phi) is 7.56. The number of nitrogens with one attached hydrogen (secondary N) is 2. The Bertz CT molecular complexity index is 961. The highest BCUT2D eigenvalue weighted by Crippen LogP contribution is 2.28. The fourth-order valence-corrected chi connectivity index (χ4v) is 5.26. The van der Waals surface area contributed by atoms with Crippen LogP contribution in [0.5, 0.6) is 5.75 Å². The summed E-state index contributed by atoms with van der Waals surface area (Å²) in [5.74, 6) is 0.141. The van der Waals surface area contributed by atoms with Crippen LogP contribution in [0.3, 0.4) is 0 Å². The Morgan fingerprint density at radius 2 is 1.79 bits per heavy atom. The smallest absolute Gasteiger partial charge is 0.262 e. The number of hydrogen-bond acceptors (Lipinski definition) is 4. The Morgan fingerprint density at radius 3 is 2.45 bits per heavy atom. The lowest BCUT2D eigenvalue weighted by Crippen LogP contribution is -2.36. The monoisotopic (exact) mass is 500 g/mol. The highest BCUT2D eigenvalue weighted by atomic mass is 79.9. The number of carbonyl (C=O) groups is 1. The van der Waals surface area contributed by atoms with E-state index in [0.717, 1.165) is 32.1 Å². The number of ether oxygens (including phenoxy) is 1. The molecule has 1 amide bonds. The third kappa shape index (κ3) is 6.44. The van der Waals surface area contributed by atoms with Crippen LogP contribution in [0.15, 0.2) is 51.8 Å². The Labute approximate surface area is 184 Å². The standard InChI is InChI=1S/C20H22BrClN2O4S/c21-18-12-14(22)6-11-19(18)28-13-20(25)23-15-7-9-17(10-8-15)29(26,27)24-16-4-2-1-3-5-16/h6-12,16,24H,1-5,13H2,(H,23,25). The first kappa shape index (κ1) is 22.1. The fraction of sp³-hybridized carbons (Fsp3) is 0.350. The molecule has 1 saturated carbocycles. The molecule has 0 atom stereocenters. The first-order chi connectivity index (χ1) is 13.8. The van der Waals surface area contributed by atoms with Crippen LogP contribution < -0.4 is 14.8 Å². The number of rotatable bonds is 7. The van der Waals surface area contributed by atoms with Crippen LogP contribution in [-0.2, 0) is 14.8 Å². The SMILES string of the molecule is O=C(COc1ccc(Cl)cc1Br)Nc1ccc(S(=O)(=O)NC2CCCCC2)cc1. The number of sulfonamides is 1. The quantitative estimate of drug-likeness (QED) is 0.574. The topological polar surface area (TPSA) is 84.5 Å². The molecule has 0 saturated heterocycles. The molecule has 0 heterocycles. The van der Waals surface area contributed by atoms with Gasteiger partial charge in [-0.25, -0.2) is 13.1 Å². The van der Waals surface area contributed by atoms with E-state index in [1.165, 1.54) is 12.1 Å². The van der Waals surface area contributed by atoms with Crippen LogP contribution in [0, 0.1) is 0 Å². The van der Waals surface area contributed by atoms with Crippen molar-refractivity contribution in [2.45, 2.75) is 43.0 Å². The molecule has 29 heavy (non-hydrogen) atoms. The summed E-state index contributed by atoms with van der Waals surface area (Å²) in [5, 5.41) is 3.24. The number of anilines is 1. The summed E-state index contributed by atoms with van der Waals surface area (Å²) in [6.45, 7) is -0.191. The van der Waals surface area contributed by atoms with Crippen molar-refractivity contribution in [2.24, 2.45) is 0 Å². The van der Waals surface area contributed by atoms with Crippen LogP contribution in [0.25, 0.3) is 0 Å². The molecule has 1 aliphatic rings. The van der Waals surface area contributed by atoms with Crippen LogP contribution in [0.4, 0.5) is 5.69 Å². The van der Waals surface area contributed by atoms with Gasteiger partial charge in [0.05, 0.1) is 9.37 Å². The lowest BCUT2D eigenvalue weighted by atomic mass is 9.96. The molecule has 0 aromatic heterocycles. The Balaban J connectivity index is 1.54. The molecule has 0 aliphatic heterocycles. The number of benzene rings is 2. The van der Waals surface area contributed by atoms with Gasteiger partial charge in [-0.2, -0.15) is 0 Å². The van der Waals surface area contributed by atoms with Gasteiger partial charge in [0.15, 0.2) is 6.61 Å². The van der Waals surface area contributed by atoms with Crippen molar-refractivity contribution < 1.29 is 17.9 Å². The van der Waals surface area contributed by atoms with Gasteiger partial charge in [0.25, 0.3) is 5.91 Å². The maximum absolute atomic E-state index is 12.5.